The van der Waals surface area contributed by atoms with E-state index in [2.05, 4.69) is 91.0 Å². The summed E-state index contributed by atoms with van der Waals surface area (Å²) in [4.78, 5) is 2.80. The van der Waals surface area contributed by atoms with E-state index in [1.54, 1.807) is 7.11 Å². The number of hydrogen-bond donors (Lipinski definition) is 1. The lowest BCUT2D eigenvalue weighted by atomic mass is 9.55. The molecule has 2 saturated heterocycles. The molecule has 234 valence electrons. The molecule has 3 heterocycles. The number of piperidine rings is 1. The number of fused-ring (bicyclic) bond motifs is 2. The lowest BCUT2D eigenvalue weighted by molar-refractivity contribution is -0.0797. The average molecular weight is 623 g/mol. The van der Waals surface area contributed by atoms with Crippen LogP contribution in [-0.4, -0.2) is 82.9 Å². The molecule has 3 fully saturated rings. The van der Waals surface area contributed by atoms with Gasteiger partial charge in [-0.1, -0.05) is 68.5 Å². The van der Waals surface area contributed by atoms with E-state index in [0.29, 0.717) is 55.8 Å². The van der Waals surface area contributed by atoms with E-state index in [1.165, 1.54) is 29.3 Å². The van der Waals surface area contributed by atoms with Crippen LogP contribution in [0.3, 0.4) is 0 Å². The number of anilines is 1. The summed E-state index contributed by atoms with van der Waals surface area (Å²) in [6, 6.07) is 19.3. The van der Waals surface area contributed by atoms with Gasteiger partial charge in [-0.2, -0.15) is 11.8 Å². The summed E-state index contributed by atoms with van der Waals surface area (Å²) < 4.78 is 23.9. The fourth-order valence-corrected chi connectivity index (χ4v) is 10.3. The number of ether oxygens (including phenoxy) is 4. The highest BCUT2D eigenvalue weighted by molar-refractivity contribution is 8.00. The lowest BCUT2D eigenvalue weighted by Gasteiger charge is -2.56. The predicted octanol–water partition coefficient (Wildman–Crippen LogP) is 6.65. The molecule has 0 radical (unpaired) electrons. The third-order valence-corrected chi connectivity index (χ3v) is 13.1. The number of para-hydroxylation sites is 1. The molecule has 2 bridgehead atoms. The van der Waals surface area contributed by atoms with Gasteiger partial charge in [-0.15, -0.1) is 0 Å². The van der Waals surface area contributed by atoms with E-state index in [-0.39, 0.29) is 5.41 Å². The molecule has 2 aromatic carbocycles. The van der Waals surface area contributed by atoms with Crippen LogP contribution in [0.2, 0.25) is 25.7 Å². The fraction of sp³-hybridized carbons (Fsp3) is 0.600. The summed E-state index contributed by atoms with van der Waals surface area (Å²) in [7, 11) is 0.579. The molecule has 3 aliphatic heterocycles. The number of benzene rings is 2. The monoisotopic (exact) mass is 622 g/mol. The maximum Gasteiger partial charge on any atom is 0.146 e. The Kier molecular flexibility index (Phi) is 9.62. The molecule has 0 aromatic heterocycles. The first kappa shape index (κ1) is 31.2. The molecule has 1 spiro atoms. The molecular formula is C35H50N2O4SSi. The van der Waals surface area contributed by atoms with Crippen molar-refractivity contribution < 1.29 is 18.9 Å². The summed E-state index contributed by atoms with van der Waals surface area (Å²) in [5.74, 6) is 2.85. The van der Waals surface area contributed by atoms with Gasteiger partial charge in [0.1, 0.15) is 12.5 Å². The molecule has 4 aliphatic rings. The van der Waals surface area contributed by atoms with E-state index in [0.717, 1.165) is 36.8 Å². The number of nitrogens with one attached hydrogen (secondary N) is 1. The Hall–Kier alpha value is -1.81. The quantitative estimate of drug-likeness (QED) is 0.110. The van der Waals surface area contributed by atoms with Gasteiger partial charge in [0.05, 0.1) is 26.9 Å². The largest absolute Gasteiger partial charge is 0.497 e. The van der Waals surface area contributed by atoms with Crippen LogP contribution < -0.4 is 10.1 Å². The lowest BCUT2D eigenvalue weighted by Crippen LogP contribution is -2.64. The number of hydrogen-bond acceptors (Lipinski definition) is 7. The Balaban J connectivity index is 1.22. The second-order valence-electron chi connectivity index (χ2n) is 13.8. The Labute approximate surface area is 263 Å². The summed E-state index contributed by atoms with van der Waals surface area (Å²) in [5.41, 5.74) is 5.65. The van der Waals surface area contributed by atoms with E-state index < -0.39 is 8.07 Å². The minimum Gasteiger partial charge on any atom is -0.497 e. The van der Waals surface area contributed by atoms with Gasteiger partial charge < -0.3 is 24.3 Å². The van der Waals surface area contributed by atoms with Crippen LogP contribution in [0.4, 0.5) is 5.69 Å². The molecule has 6 rings (SSSR count). The van der Waals surface area contributed by atoms with Crippen molar-refractivity contribution in [1.82, 2.24) is 4.90 Å². The van der Waals surface area contributed by atoms with E-state index in [1.807, 2.05) is 12.1 Å². The SMILES string of the molecule is CCS[C@@H]1CN2C/C(=C/COCc3ccc(OC)cc3)[C@@H]3C[C@H]2[C@@]12c1ccccc1N[C@H]2[C@H]3COCOCC[Si](C)(C)C. The van der Waals surface area contributed by atoms with E-state index in [9.17, 15) is 0 Å². The standard InChI is InChI=1S/C35H50N2O4SSi/c1-6-42-33-21-37-20-26(15-16-39-22-25-11-13-27(38-2)14-12-25)28-19-32(37)35(33)30-9-7-8-10-31(30)36-34(35)29(28)23-41-24-40-17-18-43(3,4)5/h7-15,28-29,32-34,36H,6,16-24H2,1-5H3/b26-15-/t28-,29-,32-,33+,34-,35-/m0/s1. The first-order valence-corrected chi connectivity index (χ1v) is 20.9. The third-order valence-electron chi connectivity index (χ3n) is 10.2. The molecule has 6 nitrogen and oxygen atoms in total. The van der Waals surface area contributed by atoms with Crippen LogP contribution in [0.15, 0.2) is 60.2 Å². The van der Waals surface area contributed by atoms with Gasteiger partial charge in [-0.25, -0.2) is 0 Å². The van der Waals surface area contributed by atoms with Crippen LogP contribution in [0.1, 0.15) is 24.5 Å². The summed E-state index contributed by atoms with van der Waals surface area (Å²) in [5, 5.41) is 4.65. The summed E-state index contributed by atoms with van der Waals surface area (Å²) >= 11 is 2.16. The number of rotatable bonds is 14. The number of nitrogens with zero attached hydrogens (tertiary/aromatic N) is 1. The normalized spacial score (nSPS) is 30.3. The third kappa shape index (κ3) is 6.20. The molecular weight excluding hydrogens is 573 g/mol. The zero-order valence-corrected chi connectivity index (χ0v) is 28.5. The minimum absolute atomic E-state index is 0.108. The summed E-state index contributed by atoms with van der Waals surface area (Å²) in [6.07, 6.45) is 3.57. The first-order valence-electron chi connectivity index (χ1n) is 16.1. The average Bonchev–Trinajstić information content (AvgIpc) is 3.52. The van der Waals surface area contributed by atoms with Crippen molar-refractivity contribution in [3.8, 4) is 5.75 Å². The van der Waals surface area contributed by atoms with Crippen molar-refractivity contribution in [1.29, 1.82) is 0 Å². The minimum atomic E-state index is -1.12. The molecule has 43 heavy (non-hydrogen) atoms. The highest BCUT2D eigenvalue weighted by Crippen LogP contribution is 2.63. The van der Waals surface area contributed by atoms with Crippen LogP contribution in [0.25, 0.3) is 0 Å². The van der Waals surface area contributed by atoms with Crippen molar-refractivity contribution in [2.45, 2.75) is 68.4 Å². The van der Waals surface area contributed by atoms with Crippen molar-refractivity contribution in [2.24, 2.45) is 11.8 Å². The molecule has 8 heteroatoms. The van der Waals surface area contributed by atoms with Crippen LogP contribution in [-0.2, 0) is 26.2 Å². The molecule has 1 N–H and O–H groups in total. The fourth-order valence-electron chi connectivity index (χ4n) is 8.18. The van der Waals surface area contributed by atoms with Gasteiger partial charge in [-0.05, 0) is 53.5 Å². The topological polar surface area (TPSA) is 52.2 Å². The van der Waals surface area contributed by atoms with Crippen LogP contribution >= 0.6 is 11.8 Å². The maximum absolute atomic E-state index is 6.40. The predicted molar refractivity (Wildman–Crippen MR) is 180 cm³/mol. The van der Waals surface area contributed by atoms with Gasteiger partial charge in [0.25, 0.3) is 0 Å². The summed E-state index contributed by atoms with van der Waals surface area (Å²) in [6.45, 7) is 14.8. The molecule has 1 saturated carbocycles. The highest BCUT2D eigenvalue weighted by atomic mass is 32.2. The van der Waals surface area contributed by atoms with Crippen molar-refractivity contribution in [2.75, 3.05) is 57.9 Å². The molecule has 2 aromatic rings. The Morgan fingerprint density at radius 3 is 2.65 bits per heavy atom. The molecule has 0 unspecified atom stereocenters. The van der Waals surface area contributed by atoms with Gasteiger partial charge in [0.2, 0.25) is 0 Å². The Morgan fingerprint density at radius 1 is 1.07 bits per heavy atom. The van der Waals surface area contributed by atoms with Crippen molar-refractivity contribution >= 4 is 25.5 Å². The van der Waals surface area contributed by atoms with Gasteiger partial charge in [0, 0.05) is 62.1 Å². The van der Waals surface area contributed by atoms with Crippen LogP contribution in [0, 0.1) is 11.8 Å². The molecule has 6 atom stereocenters. The second kappa shape index (κ2) is 13.3. The maximum atomic E-state index is 6.40. The second-order valence-corrected chi connectivity index (χ2v) is 20.9. The van der Waals surface area contributed by atoms with Gasteiger partial charge in [0.15, 0.2) is 0 Å². The van der Waals surface area contributed by atoms with Crippen molar-refractivity contribution in [3.05, 3.63) is 71.3 Å². The Morgan fingerprint density at radius 2 is 1.88 bits per heavy atom. The van der Waals surface area contributed by atoms with Crippen molar-refractivity contribution in [3.63, 3.8) is 0 Å². The van der Waals surface area contributed by atoms with Crippen LogP contribution in [0.5, 0.6) is 5.75 Å². The first-order chi connectivity index (χ1) is 20.8. The molecule has 1 aliphatic carbocycles. The smallest absolute Gasteiger partial charge is 0.146 e. The Bertz CT molecular complexity index is 1270. The zero-order valence-electron chi connectivity index (χ0n) is 26.6. The number of methoxy groups -OCH3 is 1. The van der Waals surface area contributed by atoms with Gasteiger partial charge in [-0.3, -0.25) is 4.90 Å². The molecule has 0 amide bonds. The zero-order chi connectivity index (χ0) is 30.0. The van der Waals surface area contributed by atoms with E-state index in [4.69, 9.17) is 18.9 Å². The van der Waals surface area contributed by atoms with Gasteiger partial charge >= 0.3 is 0 Å². The number of thioether (sulfide) groups is 1. The highest BCUT2D eigenvalue weighted by Gasteiger charge is 2.69. The van der Waals surface area contributed by atoms with E-state index >= 15 is 0 Å².